The molecule has 0 aliphatic heterocycles. The summed E-state index contributed by atoms with van der Waals surface area (Å²) in [6.07, 6.45) is 0.0345. The SMILES string of the molecule is CCOC(=O)c1cccc(NC[C@H](C)OCCOCCOC)c1. The van der Waals surface area contributed by atoms with Crippen LogP contribution in [0.4, 0.5) is 5.69 Å². The maximum Gasteiger partial charge on any atom is 0.338 e. The molecule has 0 aliphatic carbocycles. The lowest BCUT2D eigenvalue weighted by Crippen LogP contribution is -2.22. The highest BCUT2D eigenvalue weighted by Gasteiger charge is 2.07. The Balaban J connectivity index is 2.26. The summed E-state index contributed by atoms with van der Waals surface area (Å²) in [4.78, 5) is 11.7. The average molecular weight is 325 g/mol. The molecule has 0 saturated heterocycles. The fourth-order valence-corrected chi connectivity index (χ4v) is 1.84. The minimum absolute atomic E-state index is 0.0345. The highest BCUT2D eigenvalue weighted by atomic mass is 16.5. The zero-order valence-corrected chi connectivity index (χ0v) is 14.2. The monoisotopic (exact) mass is 325 g/mol. The molecule has 0 radical (unpaired) electrons. The number of hydrogen-bond donors (Lipinski definition) is 1. The molecule has 1 rings (SSSR count). The molecule has 1 N–H and O–H groups in total. The third kappa shape index (κ3) is 8.54. The van der Waals surface area contributed by atoms with Crippen LogP contribution in [0.3, 0.4) is 0 Å². The maximum absolute atomic E-state index is 11.7. The van der Waals surface area contributed by atoms with Gasteiger partial charge in [0.1, 0.15) is 0 Å². The third-order valence-corrected chi connectivity index (χ3v) is 3.03. The third-order valence-electron chi connectivity index (χ3n) is 3.03. The topological polar surface area (TPSA) is 66.0 Å². The van der Waals surface area contributed by atoms with Crippen LogP contribution in [0, 0.1) is 0 Å². The van der Waals surface area contributed by atoms with E-state index in [2.05, 4.69) is 5.32 Å². The van der Waals surface area contributed by atoms with Crippen molar-refractivity contribution in [3.8, 4) is 0 Å². The molecule has 0 amide bonds. The number of rotatable bonds is 12. The van der Waals surface area contributed by atoms with Crippen LogP contribution in [-0.4, -0.2) is 58.8 Å². The molecule has 1 atom stereocenters. The van der Waals surface area contributed by atoms with E-state index in [0.29, 0.717) is 45.1 Å². The molecular weight excluding hydrogens is 298 g/mol. The van der Waals surface area contributed by atoms with Crippen LogP contribution in [0.2, 0.25) is 0 Å². The van der Waals surface area contributed by atoms with E-state index in [1.165, 1.54) is 0 Å². The van der Waals surface area contributed by atoms with Crippen molar-refractivity contribution in [3.05, 3.63) is 29.8 Å². The largest absolute Gasteiger partial charge is 0.462 e. The molecule has 0 saturated carbocycles. The first-order chi connectivity index (χ1) is 11.2. The van der Waals surface area contributed by atoms with Crippen molar-refractivity contribution in [2.45, 2.75) is 20.0 Å². The van der Waals surface area contributed by atoms with Crippen molar-refractivity contribution < 1.29 is 23.7 Å². The van der Waals surface area contributed by atoms with Gasteiger partial charge in [-0.1, -0.05) is 6.07 Å². The van der Waals surface area contributed by atoms with Gasteiger partial charge in [-0.05, 0) is 32.0 Å². The molecule has 0 aliphatic rings. The summed E-state index contributed by atoms with van der Waals surface area (Å²) in [6.45, 7) is 7.04. The van der Waals surface area contributed by atoms with Crippen LogP contribution < -0.4 is 5.32 Å². The number of carbonyl (C=O) groups is 1. The molecular formula is C17H27NO5. The second-order valence-corrected chi connectivity index (χ2v) is 4.97. The van der Waals surface area contributed by atoms with Crippen LogP contribution >= 0.6 is 0 Å². The summed E-state index contributed by atoms with van der Waals surface area (Å²) in [6, 6.07) is 7.24. The second kappa shape index (κ2) is 11.9. The fraction of sp³-hybridized carbons (Fsp3) is 0.588. The number of carbonyl (C=O) groups excluding carboxylic acids is 1. The molecule has 0 unspecified atom stereocenters. The highest BCUT2D eigenvalue weighted by molar-refractivity contribution is 5.90. The summed E-state index contributed by atoms with van der Waals surface area (Å²) in [7, 11) is 1.64. The van der Waals surface area contributed by atoms with Crippen LogP contribution in [-0.2, 0) is 18.9 Å². The van der Waals surface area contributed by atoms with Crippen molar-refractivity contribution in [2.75, 3.05) is 52.0 Å². The average Bonchev–Trinajstić information content (AvgIpc) is 2.56. The van der Waals surface area contributed by atoms with E-state index in [-0.39, 0.29) is 12.1 Å². The number of ether oxygens (including phenoxy) is 4. The summed E-state index contributed by atoms with van der Waals surface area (Å²) in [5, 5.41) is 3.25. The minimum atomic E-state index is -0.311. The van der Waals surface area contributed by atoms with Gasteiger partial charge in [0, 0.05) is 19.3 Å². The Kier molecular flexibility index (Phi) is 10.0. The zero-order chi connectivity index (χ0) is 16.9. The number of methoxy groups -OCH3 is 1. The van der Waals surface area contributed by atoms with Crippen molar-refractivity contribution in [2.24, 2.45) is 0 Å². The summed E-state index contributed by atoms with van der Waals surface area (Å²) >= 11 is 0. The van der Waals surface area contributed by atoms with E-state index in [1.54, 1.807) is 26.2 Å². The minimum Gasteiger partial charge on any atom is -0.462 e. The van der Waals surface area contributed by atoms with E-state index in [1.807, 2.05) is 19.1 Å². The number of nitrogens with one attached hydrogen (secondary N) is 1. The summed E-state index contributed by atoms with van der Waals surface area (Å²) in [5.74, 6) is -0.311. The summed E-state index contributed by atoms with van der Waals surface area (Å²) in [5.41, 5.74) is 1.40. The first kappa shape index (κ1) is 19.4. The van der Waals surface area contributed by atoms with E-state index in [4.69, 9.17) is 18.9 Å². The Hall–Kier alpha value is -1.63. The smallest absolute Gasteiger partial charge is 0.338 e. The molecule has 0 aromatic heterocycles. The highest BCUT2D eigenvalue weighted by Crippen LogP contribution is 2.12. The zero-order valence-electron chi connectivity index (χ0n) is 14.2. The molecule has 0 bridgehead atoms. The predicted octanol–water partition coefficient (Wildman–Crippen LogP) is 2.34. The first-order valence-corrected chi connectivity index (χ1v) is 7.86. The van der Waals surface area contributed by atoms with E-state index < -0.39 is 0 Å². The van der Waals surface area contributed by atoms with Gasteiger partial charge in [-0.15, -0.1) is 0 Å². The molecule has 1 aromatic rings. The van der Waals surface area contributed by atoms with Crippen molar-refractivity contribution in [3.63, 3.8) is 0 Å². The van der Waals surface area contributed by atoms with Gasteiger partial charge in [0.25, 0.3) is 0 Å². The Morgan fingerprint density at radius 1 is 1.22 bits per heavy atom. The summed E-state index contributed by atoms with van der Waals surface area (Å²) < 4.78 is 20.8. The molecule has 1 aromatic carbocycles. The van der Waals surface area contributed by atoms with Gasteiger partial charge in [-0.25, -0.2) is 4.79 Å². The van der Waals surface area contributed by atoms with Crippen LogP contribution in [0.1, 0.15) is 24.2 Å². The molecule has 0 heterocycles. The van der Waals surface area contributed by atoms with Crippen molar-refractivity contribution >= 4 is 11.7 Å². The normalized spacial score (nSPS) is 12.0. The molecule has 0 spiro atoms. The Labute approximate surface area is 138 Å². The van der Waals surface area contributed by atoms with Gasteiger partial charge >= 0.3 is 5.97 Å². The predicted molar refractivity (Wildman–Crippen MR) is 89.0 cm³/mol. The van der Waals surface area contributed by atoms with Gasteiger partial charge in [0.2, 0.25) is 0 Å². The molecule has 0 fully saturated rings. The lowest BCUT2D eigenvalue weighted by molar-refractivity contribution is 0.00356. The van der Waals surface area contributed by atoms with Gasteiger partial charge < -0.3 is 24.3 Å². The van der Waals surface area contributed by atoms with Gasteiger partial charge in [-0.3, -0.25) is 0 Å². The van der Waals surface area contributed by atoms with Crippen LogP contribution in [0.25, 0.3) is 0 Å². The Morgan fingerprint density at radius 2 is 2.00 bits per heavy atom. The van der Waals surface area contributed by atoms with E-state index in [9.17, 15) is 4.79 Å². The number of esters is 1. The fourth-order valence-electron chi connectivity index (χ4n) is 1.84. The van der Waals surface area contributed by atoms with Crippen molar-refractivity contribution in [1.29, 1.82) is 0 Å². The number of hydrogen-bond acceptors (Lipinski definition) is 6. The van der Waals surface area contributed by atoms with Gasteiger partial charge in [0.15, 0.2) is 0 Å². The number of anilines is 1. The van der Waals surface area contributed by atoms with Crippen LogP contribution in [0.5, 0.6) is 0 Å². The number of benzene rings is 1. The lowest BCUT2D eigenvalue weighted by Gasteiger charge is -2.15. The molecule has 6 nitrogen and oxygen atoms in total. The Bertz CT molecular complexity index is 452. The van der Waals surface area contributed by atoms with Crippen LogP contribution in [0.15, 0.2) is 24.3 Å². The standard InChI is InChI=1S/C17H27NO5/c1-4-22-17(19)15-6-5-7-16(12-15)18-13-14(2)23-11-10-21-9-8-20-3/h5-7,12,14,18H,4,8-11,13H2,1-3H3/t14-/m0/s1. The van der Waals surface area contributed by atoms with Gasteiger partial charge in [-0.2, -0.15) is 0 Å². The lowest BCUT2D eigenvalue weighted by atomic mass is 10.2. The van der Waals surface area contributed by atoms with E-state index in [0.717, 1.165) is 5.69 Å². The van der Waals surface area contributed by atoms with Crippen molar-refractivity contribution in [1.82, 2.24) is 0 Å². The quantitative estimate of drug-likeness (QED) is 0.470. The molecule has 23 heavy (non-hydrogen) atoms. The molecule has 6 heteroatoms. The molecule has 130 valence electrons. The Morgan fingerprint density at radius 3 is 2.74 bits per heavy atom. The second-order valence-electron chi connectivity index (χ2n) is 4.97. The first-order valence-electron chi connectivity index (χ1n) is 7.86. The van der Waals surface area contributed by atoms with E-state index >= 15 is 0 Å². The maximum atomic E-state index is 11.7. The van der Waals surface area contributed by atoms with Gasteiger partial charge in [0.05, 0.1) is 44.7 Å².